The van der Waals surface area contributed by atoms with Crippen molar-refractivity contribution < 1.29 is 5.11 Å². The van der Waals surface area contributed by atoms with Crippen LogP contribution in [0.1, 0.15) is 6.42 Å². The van der Waals surface area contributed by atoms with Crippen LogP contribution in [-0.2, 0) is 0 Å². The Bertz CT molecular complexity index is 58.7. The zero-order valence-electron chi connectivity index (χ0n) is 4.09. The lowest BCUT2D eigenvalue weighted by Crippen LogP contribution is -2.35. The van der Waals surface area contributed by atoms with Crippen LogP contribution in [0.25, 0.3) is 0 Å². The fourth-order valence-corrected chi connectivity index (χ4v) is 0.707. The molecule has 1 fully saturated rings. The maximum Gasteiger partial charge on any atom is 0.120 e. The van der Waals surface area contributed by atoms with E-state index < -0.39 is 6.23 Å². The molecule has 3 nitrogen and oxygen atoms in total. The normalized spacial score (nSPS) is 42.0. The second-order valence-electron chi connectivity index (χ2n) is 1.85. The van der Waals surface area contributed by atoms with E-state index in [1.165, 1.54) is 0 Å². The molecule has 0 aromatic rings. The molecule has 0 saturated carbocycles. The van der Waals surface area contributed by atoms with E-state index in [1.807, 2.05) is 0 Å². The van der Waals surface area contributed by atoms with E-state index in [4.69, 9.17) is 10.8 Å². The van der Waals surface area contributed by atoms with Crippen molar-refractivity contribution in [1.82, 2.24) is 5.32 Å². The van der Waals surface area contributed by atoms with Gasteiger partial charge in [-0.15, -0.1) is 0 Å². The standard InChI is InChI=1S/C4H10N2O/c5-3-1-2-6-4(3)7/h3-4,6-7H,1-2,5H2/t3-,4?/m1/s1. The second-order valence-corrected chi connectivity index (χ2v) is 1.85. The SMILES string of the molecule is N[C@@H]1CCNC1O. The van der Waals surface area contributed by atoms with Crippen molar-refractivity contribution >= 4 is 0 Å². The van der Waals surface area contributed by atoms with Gasteiger partial charge in [-0.25, -0.2) is 0 Å². The molecule has 1 heterocycles. The number of nitrogens with two attached hydrogens (primary N) is 1. The molecule has 0 amide bonds. The van der Waals surface area contributed by atoms with Crippen LogP contribution in [-0.4, -0.2) is 23.9 Å². The van der Waals surface area contributed by atoms with E-state index in [2.05, 4.69) is 5.32 Å². The summed E-state index contributed by atoms with van der Waals surface area (Å²) in [6, 6.07) is -0.0417. The summed E-state index contributed by atoms with van der Waals surface area (Å²) in [4.78, 5) is 0. The molecular weight excluding hydrogens is 92.1 g/mol. The van der Waals surface area contributed by atoms with Crippen molar-refractivity contribution in [2.75, 3.05) is 6.54 Å². The van der Waals surface area contributed by atoms with Crippen LogP contribution in [0, 0.1) is 0 Å². The maximum absolute atomic E-state index is 8.76. The minimum absolute atomic E-state index is 0.0417. The Balaban J connectivity index is 2.33. The lowest BCUT2D eigenvalue weighted by molar-refractivity contribution is 0.143. The second kappa shape index (κ2) is 1.78. The van der Waals surface area contributed by atoms with Crippen LogP contribution in [0.2, 0.25) is 0 Å². The summed E-state index contributed by atoms with van der Waals surface area (Å²) in [5, 5.41) is 11.6. The monoisotopic (exact) mass is 102 g/mol. The van der Waals surface area contributed by atoms with Crippen LogP contribution < -0.4 is 11.1 Å². The number of aliphatic hydroxyl groups is 1. The highest BCUT2D eigenvalue weighted by Crippen LogP contribution is 1.98. The van der Waals surface area contributed by atoms with Gasteiger partial charge in [-0.05, 0) is 13.0 Å². The van der Waals surface area contributed by atoms with Crippen LogP contribution in [0.5, 0.6) is 0 Å². The molecule has 0 spiro atoms. The van der Waals surface area contributed by atoms with Gasteiger partial charge in [0.05, 0.1) is 0 Å². The van der Waals surface area contributed by atoms with Crippen molar-refractivity contribution in [2.24, 2.45) is 5.73 Å². The van der Waals surface area contributed by atoms with Gasteiger partial charge in [-0.2, -0.15) is 0 Å². The van der Waals surface area contributed by atoms with E-state index in [9.17, 15) is 0 Å². The third-order valence-electron chi connectivity index (χ3n) is 1.24. The molecule has 0 bridgehead atoms. The largest absolute Gasteiger partial charge is 0.377 e. The third kappa shape index (κ3) is 0.907. The number of hydrogen-bond donors (Lipinski definition) is 3. The Hall–Kier alpha value is -0.120. The molecule has 7 heavy (non-hydrogen) atoms. The molecule has 4 N–H and O–H groups in total. The molecule has 0 aromatic carbocycles. The quantitative estimate of drug-likeness (QED) is 0.353. The lowest BCUT2D eigenvalue weighted by Gasteiger charge is -2.04. The summed E-state index contributed by atoms with van der Waals surface area (Å²) in [6.45, 7) is 0.850. The first-order chi connectivity index (χ1) is 3.30. The Morgan fingerprint density at radius 1 is 1.71 bits per heavy atom. The fourth-order valence-electron chi connectivity index (χ4n) is 0.707. The van der Waals surface area contributed by atoms with Crippen molar-refractivity contribution in [3.8, 4) is 0 Å². The molecule has 2 atom stereocenters. The molecule has 0 radical (unpaired) electrons. The Morgan fingerprint density at radius 3 is 2.57 bits per heavy atom. The summed E-state index contributed by atoms with van der Waals surface area (Å²) in [5.74, 6) is 0. The van der Waals surface area contributed by atoms with Gasteiger partial charge in [-0.1, -0.05) is 0 Å². The average Bonchev–Trinajstić information content (AvgIpc) is 1.91. The number of aliphatic hydroxyl groups excluding tert-OH is 1. The topological polar surface area (TPSA) is 58.3 Å². The maximum atomic E-state index is 8.76. The van der Waals surface area contributed by atoms with Gasteiger partial charge >= 0.3 is 0 Å². The molecule has 0 aromatic heterocycles. The van der Waals surface area contributed by atoms with E-state index in [0.717, 1.165) is 13.0 Å². The Kier molecular flexibility index (Phi) is 1.27. The zero-order valence-corrected chi connectivity index (χ0v) is 4.09. The molecule has 1 aliphatic heterocycles. The predicted molar refractivity (Wildman–Crippen MR) is 26.6 cm³/mol. The smallest absolute Gasteiger partial charge is 0.120 e. The van der Waals surface area contributed by atoms with E-state index in [1.54, 1.807) is 0 Å². The highest BCUT2D eigenvalue weighted by atomic mass is 16.3. The molecular formula is C4H10N2O. The zero-order chi connectivity index (χ0) is 5.28. The summed E-state index contributed by atoms with van der Waals surface area (Å²) >= 11 is 0. The van der Waals surface area contributed by atoms with Gasteiger partial charge in [0.25, 0.3) is 0 Å². The van der Waals surface area contributed by atoms with Crippen LogP contribution in [0.15, 0.2) is 0 Å². The van der Waals surface area contributed by atoms with Gasteiger partial charge in [0.1, 0.15) is 6.23 Å². The van der Waals surface area contributed by atoms with Crippen LogP contribution >= 0.6 is 0 Å². The number of nitrogens with one attached hydrogen (secondary N) is 1. The van der Waals surface area contributed by atoms with Crippen molar-refractivity contribution in [3.63, 3.8) is 0 Å². The summed E-state index contributed by atoms with van der Waals surface area (Å²) in [5.41, 5.74) is 5.37. The van der Waals surface area contributed by atoms with E-state index >= 15 is 0 Å². The number of hydrogen-bond acceptors (Lipinski definition) is 3. The summed E-state index contributed by atoms with van der Waals surface area (Å²) in [7, 11) is 0. The van der Waals surface area contributed by atoms with Crippen molar-refractivity contribution in [1.29, 1.82) is 0 Å². The highest BCUT2D eigenvalue weighted by Gasteiger charge is 2.19. The Labute approximate surface area is 42.5 Å². The first kappa shape index (κ1) is 5.03. The lowest BCUT2D eigenvalue weighted by atomic mass is 10.3. The summed E-state index contributed by atoms with van der Waals surface area (Å²) < 4.78 is 0. The van der Waals surface area contributed by atoms with Gasteiger partial charge in [0, 0.05) is 6.04 Å². The molecule has 1 rings (SSSR count). The highest BCUT2D eigenvalue weighted by molar-refractivity contribution is 4.77. The molecule has 1 unspecified atom stereocenters. The molecule has 1 aliphatic rings. The van der Waals surface area contributed by atoms with Crippen molar-refractivity contribution in [3.05, 3.63) is 0 Å². The van der Waals surface area contributed by atoms with Crippen molar-refractivity contribution in [2.45, 2.75) is 18.7 Å². The van der Waals surface area contributed by atoms with Gasteiger partial charge in [0.15, 0.2) is 0 Å². The van der Waals surface area contributed by atoms with Gasteiger partial charge in [0.2, 0.25) is 0 Å². The summed E-state index contributed by atoms with van der Waals surface area (Å²) in [6.07, 6.45) is 0.432. The fraction of sp³-hybridized carbons (Fsp3) is 1.00. The molecule has 3 heteroatoms. The predicted octanol–water partition coefficient (Wildman–Crippen LogP) is -1.37. The Morgan fingerprint density at radius 2 is 2.43 bits per heavy atom. The van der Waals surface area contributed by atoms with E-state index in [-0.39, 0.29) is 6.04 Å². The minimum atomic E-state index is -0.458. The van der Waals surface area contributed by atoms with E-state index in [0.29, 0.717) is 0 Å². The number of rotatable bonds is 0. The molecule has 42 valence electrons. The third-order valence-corrected chi connectivity index (χ3v) is 1.24. The molecule has 0 aliphatic carbocycles. The van der Waals surface area contributed by atoms with Gasteiger partial charge < -0.3 is 10.8 Å². The van der Waals surface area contributed by atoms with Crippen LogP contribution in [0.3, 0.4) is 0 Å². The first-order valence-corrected chi connectivity index (χ1v) is 2.48. The minimum Gasteiger partial charge on any atom is -0.377 e. The van der Waals surface area contributed by atoms with Gasteiger partial charge in [-0.3, -0.25) is 5.32 Å². The average molecular weight is 102 g/mol. The first-order valence-electron chi connectivity index (χ1n) is 2.48. The van der Waals surface area contributed by atoms with Crippen LogP contribution in [0.4, 0.5) is 0 Å². The molecule has 1 saturated heterocycles.